The van der Waals surface area contributed by atoms with Crippen LogP contribution in [0.15, 0.2) is 18.2 Å². The number of nitrogens with one attached hydrogen (secondary N) is 1. The summed E-state index contributed by atoms with van der Waals surface area (Å²) in [6.07, 6.45) is -3.69. The van der Waals surface area contributed by atoms with Gasteiger partial charge in [-0.05, 0) is 36.6 Å². The first-order valence-corrected chi connectivity index (χ1v) is 8.21. The number of ether oxygens (including phenoxy) is 1. The van der Waals surface area contributed by atoms with Crippen LogP contribution in [-0.4, -0.2) is 43.2 Å². The van der Waals surface area contributed by atoms with Crippen LogP contribution in [0, 0.1) is 11.8 Å². The smallest absolute Gasteiger partial charge is 0.393 e. The molecule has 2 atom stereocenters. The Morgan fingerprint density at radius 1 is 1.33 bits per heavy atom. The van der Waals surface area contributed by atoms with Gasteiger partial charge in [-0.25, -0.2) is 0 Å². The van der Waals surface area contributed by atoms with E-state index in [0.29, 0.717) is 26.1 Å². The number of amides is 1. The molecule has 0 aromatic heterocycles. The minimum Gasteiger partial charge on any atom is -0.494 e. The topological polar surface area (TPSA) is 41.6 Å². The molecule has 132 valence electrons. The molecule has 1 amide bonds. The van der Waals surface area contributed by atoms with Crippen molar-refractivity contribution in [1.82, 2.24) is 10.2 Å². The van der Waals surface area contributed by atoms with Crippen LogP contribution in [0.25, 0.3) is 0 Å². The molecule has 7 heteroatoms. The lowest BCUT2D eigenvalue weighted by atomic mass is 9.92. The quantitative estimate of drug-likeness (QED) is 0.917. The number of benzene rings is 1. The summed E-state index contributed by atoms with van der Waals surface area (Å²) in [7, 11) is 0. The molecule has 1 N–H and O–H groups in total. The first-order valence-electron chi connectivity index (χ1n) is 8.21. The monoisotopic (exact) mass is 342 g/mol. The summed E-state index contributed by atoms with van der Waals surface area (Å²) >= 11 is 0. The van der Waals surface area contributed by atoms with Crippen molar-refractivity contribution < 1.29 is 22.7 Å². The Kier molecular flexibility index (Phi) is 4.71. The standard InChI is InChI=1S/C17H21F3N2O2/c1-2-24-13-4-3-11-5-6-22(10-12(11)7-13)16(23)14-8-21-9-15(14)17(18,19)20/h3-4,7,14-15,21H,2,5-6,8-10H2,1H3/t14-,15-/m1/s1. The van der Waals surface area contributed by atoms with E-state index in [1.807, 2.05) is 25.1 Å². The van der Waals surface area contributed by atoms with Crippen LogP contribution in [0.1, 0.15) is 18.1 Å². The number of halogens is 3. The molecule has 0 unspecified atom stereocenters. The number of carbonyl (C=O) groups is 1. The van der Waals surface area contributed by atoms with E-state index in [0.717, 1.165) is 16.9 Å². The fraction of sp³-hybridized carbons (Fsp3) is 0.588. The second-order valence-corrected chi connectivity index (χ2v) is 6.29. The number of hydrogen-bond acceptors (Lipinski definition) is 3. The molecule has 3 rings (SSSR count). The molecule has 1 saturated heterocycles. The van der Waals surface area contributed by atoms with Crippen molar-refractivity contribution in [3.8, 4) is 5.75 Å². The molecule has 0 aliphatic carbocycles. The molecule has 2 heterocycles. The minimum atomic E-state index is -4.35. The van der Waals surface area contributed by atoms with Crippen molar-refractivity contribution >= 4 is 5.91 Å². The van der Waals surface area contributed by atoms with Crippen molar-refractivity contribution in [3.63, 3.8) is 0 Å². The van der Waals surface area contributed by atoms with Crippen molar-refractivity contribution in [2.24, 2.45) is 11.8 Å². The van der Waals surface area contributed by atoms with E-state index in [2.05, 4.69) is 5.32 Å². The molecule has 24 heavy (non-hydrogen) atoms. The van der Waals surface area contributed by atoms with E-state index in [1.54, 1.807) is 4.90 Å². The Labute approximate surface area is 139 Å². The van der Waals surface area contributed by atoms with Gasteiger partial charge in [-0.2, -0.15) is 13.2 Å². The Bertz CT molecular complexity index is 618. The van der Waals surface area contributed by atoms with E-state index in [1.165, 1.54) is 0 Å². The van der Waals surface area contributed by atoms with Gasteiger partial charge in [0.25, 0.3) is 0 Å². The average molecular weight is 342 g/mol. The normalized spacial score (nSPS) is 23.9. The highest BCUT2D eigenvalue weighted by Gasteiger charge is 2.50. The van der Waals surface area contributed by atoms with Crippen LogP contribution in [0.4, 0.5) is 13.2 Å². The molecule has 0 saturated carbocycles. The molecular formula is C17H21F3N2O2. The molecule has 1 fully saturated rings. The second-order valence-electron chi connectivity index (χ2n) is 6.29. The lowest BCUT2D eigenvalue weighted by Crippen LogP contribution is -2.44. The molecule has 1 aromatic carbocycles. The van der Waals surface area contributed by atoms with Gasteiger partial charge in [0, 0.05) is 26.2 Å². The molecule has 2 aliphatic rings. The molecular weight excluding hydrogens is 321 g/mol. The third kappa shape index (κ3) is 3.36. The lowest BCUT2D eigenvalue weighted by Gasteiger charge is -2.32. The van der Waals surface area contributed by atoms with Crippen molar-refractivity contribution in [2.45, 2.75) is 26.1 Å². The minimum absolute atomic E-state index is 0.0886. The van der Waals surface area contributed by atoms with E-state index >= 15 is 0 Å². The number of alkyl halides is 3. The maximum atomic E-state index is 13.1. The molecule has 0 bridgehead atoms. The lowest BCUT2D eigenvalue weighted by molar-refractivity contribution is -0.185. The summed E-state index contributed by atoms with van der Waals surface area (Å²) in [4.78, 5) is 14.2. The Morgan fingerprint density at radius 3 is 2.83 bits per heavy atom. The van der Waals surface area contributed by atoms with Gasteiger partial charge >= 0.3 is 6.18 Å². The number of carbonyl (C=O) groups excluding carboxylic acids is 1. The van der Waals surface area contributed by atoms with Crippen LogP contribution in [0.5, 0.6) is 5.75 Å². The van der Waals surface area contributed by atoms with Gasteiger partial charge in [0.1, 0.15) is 5.75 Å². The third-order valence-corrected chi connectivity index (χ3v) is 4.76. The third-order valence-electron chi connectivity index (χ3n) is 4.76. The summed E-state index contributed by atoms with van der Waals surface area (Å²) in [5.41, 5.74) is 2.08. The van der Waals surface area contributed by atoms with Crippen LogP contribution in [0.3, 0.4) is 0 Å². The largest absolute Gasteiger partial charge is 0.494 e. The van der Waals surface area contributed by atoms with Gasteiger partial charge in [0.2, 0.25) is 5.91 Å². The zero-order valence-electron chi connectivity index (χ0n) is 13.5. The molecule has 0 radical (unpaired) electrons. The van der Waals surface area contributed by atoms with Crippen LogP contribution < -0.4 is 10.1 Å². The Hall–Kier alpha value is -1.76. The predicted molar refractivity (Wildman–Crippen MR) is 82.6 cm³/mol. The van der Waals surface area contributed by atoms with Gasteiger partial charge in [-0.3, -0.25) is 4.79 Å². The number of rotatable bonds is 3. The Morgan fingerprint density at radius 2 is 2.12 bits per heavy atom. The molecule has 1 aromatic rings. The molecule has 0 spiro atoms. The van der Waals surface area contributed by atoms with Crippen molar-refractivity contribution in [2.75, 3.05) is 26.2 Å². The molecule has 4 nitrogen and oxygen atoms in total. The maximum Gasteiger partial charge on any atom is 0.393 e. The Balaban J connectivity index is 1.74. The maximum absolute atomic E-state index is 13.1. The SMILES string of the molecule is CCOc1ccc2c(c1)CN(C(=O)[C@@H]1CNC[C@H]1C(F)(F)F)CC2. The highest BCUT2D eigenvalue weighted by Crippen LogP contribution is 2.36. The fourth-order valence-electron chi connectivity index (χ4n) is 3.49. The summed E-state index contributed by atoms with van der Waals surface area (Å²) in [5.74, 6) is -2.31. The number of fused-ring (bicyclic) bond motifs is 1. The van der Waals surface area contributed by atoms with Crippen molar-refractivity contribution in [1.29, 1.82) is 0 Å². The van der Waals surface area contributed by atoms with Gasteiger partial charge in [0.15, 0.2) is 0 Å². The van der Waals surface area contributed by atoms with E-state index in [-0.39, 0.29) is 13.1 Å². The van der Waals surface area contributed by atoms with Gasteiger partial charge in [-0.15, -0.1) is 0 Å². The molecule has 2 aliphatic heterocycles. The van der Waals surface area contributed by atoms with E-state index in [4.69, 9.17) is 4.74 Å². The second kappa shape index (κ2) is 6.63. The summed E-state index contributed by atoms with van der Waals surface area (Å²) in [5, 5.41) is 2.71. The van der Waals surface area contributed by atoms with Crippen LogP contribution in [0.2, 0.25) is 0 Å². The predicted octanol–water partition coefficient (Wildman–Crippen LogP) is 2.37. The first kappa shape index (κ1) is 17.1. The highest BCUT2D eigenvalue weighted by molar-refractivity contribution is 5.80. The van der Waals surface area contributed by atoms with E-state index < -0.39 is 23.9 Å². The summed E-state index contributed by atoms with van der Waals surface area (Å²) in [6, 6.07) is 5.74. The van der Waals surface area contributed by atoms with Crippen LogP contribution >= 0.6 is 0 Å². The number of hydrogen-bond donors (Lipinski definition) is 1. The van der Waals surface area contributed by atoms with Crippen LogP contribution in [-0.2, 0) is 17.8 Å². The van der Waals surface area contributed by atoms with Gasteiger partial charge in [0.05, 0.1) is 18.4 Å². The van der Waals surface area contributed by atoms with Gasteiger partial charge < -0.3 is 15.0 Å². The summed E-state index contributed by atoms with van der Waals surface area (Å²) < 4.78 is 44.7. The zero-order valence-corrected chi connectivity index (χ0v) is 13.5. The van der Waals surface area contributed by atoms with Crippen molar-refractivity contribution in [3.05, 3.63) is 29.3 Å². The number of nitrogens with zero attached hydrogens (tertiary/aromatic N) is 1. The first-order chi connectivity index (χ1) is 11.4. The average Bonchev–Trinajstić information content (AvgIpc) is 3.03. The fourth-order valence-corrected chi connectivity index (χ4v) is 3.49. The summed E-state index contributed by atoms with van der Waals surface area (Å²) in [6.45, 7) is 3.14. The zero-order chi connectivity index (χ0) is 17.3. The van der Waals surface area contributed by atoms with E-state index in [9.17, 15) is 18.0 Å². The highest BCUT2D eigenvalue weighted by atomic mass is 19.4. The van der Waals surface area contributed by atoms with Gasteiger partial charge in [-0.1, -0.05) is 6.07 Å².